The van der Waals surface area contributed by atoms with Gasteiger partial charge < -0.3 is 10.6 Å². The van der Waals surface area contributed by atoms with Crippen molar-refractivity contribution in [3.05, 3.63) is 83.9 Å². The summed E-state index contributed by atoms with van der Waals surface area (Å²) in [5.41, 5.74) is 4.40. The number of hydrogen-bond donors (Lipinski definition) is 3. The molecule has 3 aromatic carbocycles. The van der Waals surface area contributed by atoms with Crippen LogP contribution in [-0.4, -0.2) is 36.0 Å². The van der Waals surface area contributed by atoms with Crippen LogP contribution >= 0.6 is 0 Å². The van der Waals surface area contributed by atoms with Gasteiger partial charge in [-0.25, -0.2) is 5.43 Å². The molecule has 0 aliphatic heterocycles. The van der Waals surface area contributed by atoms with Crippen LogP contribution in [0.2, 0.25) is 0 Å². The molecule has 0 spiro atoms. The molecule has 0 aliphatic carbocycles. The van der Waals surface area contributed by atoms with E-state index in [9.17, 15) is 14.4 Å². The molecule has 0 fully saturated rings. The van der Waals surface area contributed by atoms with Crippen molar-refractivity contribution in [2.45, 2.75) is 26.3 Å². The first-order chi connectivity index (χ1) is 15.4. The van der Waals surface area contributed by atoms with Crippen LogP contribution in [-0.2, 0) is 16.0 Å². The Bertz CT molecular complexity index is 1140. The molecule has 1 atom stereocenters. The van der Waals surface area contributed by atoms with E-state index in [0.29, 0.717) is 17.7 Å². The van der Waals surface area contributed by atoms with Crippen molar-refractivity contribution in [2.24, 2.45) is 5.10 Å². The molecular formula is C25H26N4O3. The van der Waals surface area contributed by atoms with E-state index in [4.69, 9.17) is 0 Å². The molecule has 3 N–H and O–H groups in total. The van der Waals surface area contributed by atoms with Crippen LogP contribution < -0.4 is 16.1 Å². The Hall–Kier alpha value is -4.00. The summed E-state index contributed by atoms with van der Waals surface area (Å²) < 4.78 is 0. The molecule has 0 aromatic heterocycles. The van der Waals surface area contributed by atoms with Gasteiger partial charge in [0.25, 0.3) is 11.8 Å². The van der Waals surface area contributed by atoms with Gasteiger partial charge in [0.2, 0.25) is 5.91 Å². The van der Waals surface area contributed by atoms with Gasteiger partial charge in [0.1, 0.15) is 6.04 Å². The molecule has 3 rings (SSSR count). The van der Waals surface area contributed by atoms with Crippen molar-refractivity contribution in [1.29, 1.82) is 0 Å². The maximum absolute atomic E-state index is 12.9. The van der Waals surface area contributed by atoms with Gasteiger partial charge in [0.15, 0.2) is 0 Å². The van der Waals surface area contributed by atoms with Crippen LogP contribution in [0.4, 0.5) is 0 Å². The molecule has 1 unspecified atom stereocenters. The first-order valence-electron chi connectivity index (χ1n) is 10.3. The fourth-order valence-electron chi connectivity index (χ4n) is 3.14. The quantitative estimate of drug-likeness (QED) is 0.378. The number of amides is 3. The Labute approximate surface area is 186 Å². The maximum Gasteiger partial charge on any atom is 0.259 e. The number of carbonyl (C=O) groups excluding carboxylic acids is 3. The predicted molar refractivity (Wildman–Crippen MR) is 125 cm³/mol. The first-order valence-corrected chi connectivity index (χ1v) is 10.3. The summed E-state index contributed by atoms with van der Waals surface area (Å²) >= 11 is 0. The lowest BCUT2D eigenvalue weighted by molar-refractivity contribution is -0.127. The third-order valence-corrected chi connectivity index (χ3v) is 4.74. The molecule has 3 amide bonds. The third kappa shape index (κ3) is 6.50. The van der Waals surface area contributed by atoms with Gasteiger partial charge in [-0.2, -0.15) is 5.10 Å². The van der Waals surface area contributed by atoms with Crippen LogP contribution in [0.1, 0.15) is 29.8 Å². The number of nitrogens with one attached hydrogen (secondary N) is 3. The van der Waals surface area contributed by atoms with E-state index in [1.54, 1.807) is 26.0 Å². The Morgan fingerprint density at radius 3 is 2.28 bits per heavy atom. The van der Waals surface area contributed by atoms with Gasteiger partial charge in [-0.1, -0.05) is 60.7 Å². The SMILES string of the molecule is CC(C)=NNC(=O)CNC(=O)C(Cc1ccccc1)NC(=O)c1ccc2ccccc2c1. The van der Waals surface area contributed by atoms with Gasteiger partial charge in [-0.3, -0.25) is 14.4 Å². The summed E-state index contributed by atoms with van der Waals surface area (Å²) in [6.45, 7) is 3.25. The average molecular weight is 431 g/mol. The number of nitrogens with zero attached hydrogens (tertiary/aromatic N) is 1. The van der Waals surface area contributed by atoms with E-state index >= 15 is 0 Å². The highest BCUT2D eigenvalue weighted by molar-refractivity contribution is 6.01. The number of hydrazone groups is 1. The van der Waals surface area contributed by atoms with Crippen LogP contribution in [0.5, 0.6) is 0 Å². The molecule has 7 heteroatoms. The largest absolute Gasteiger partial charge is 0.345 e. The van der Waals surface area contributed by atoms with Crippen molar-refractivity contribution in [3.8, 4) is 0 Å². The van der Waals surface area contributed by atoms with Crippen LogP contribution in [0, 0.1) is 0 Å². The van der Waals surface area contributed by atoms with Crippen LogP contribution in [0.25, 0.3) is 10.8 Å². The Morgan fingerprint density at radius 1 is 0.875 bits per heavy atom. The van der Waals surface area contributed by atoms with Gasteiger partial charge in [0, 0.05) is 17.7 Å². The highest BCUT2D eigenvalue weighted by Gasteiger charge is 2.22. The van der Waals surface area contributed by atoms with Gasteiger partial charge in [0.05, 0.1) is 6.54 Å². The monoisotopic (exact) mass is 430 g/mol. The maximum atomic E-state index is 12.9. The summed E-state index contributed by atoms with van der Waals surface area (Å²) in [5.74, 6) is -1.25. The van der Waals surface area contributed by atoms with Crippen molar-refractivity contribution >= 4 is 34.2 Å². The molecule has 164 valence electrons. The zero-order valence-corrected chi connectivity index (χ0v) is 18.1. The fourth-order valence-corrected chi connectivity index (χ4v) is 3.14. The Morgan fingerprint density at radius 2 is 1.56 bits per heavy atom. The lowest BCUT2D eigenvalue weighted by Gasteiger charge is -2.19. The summed E-state index contributed by atoms with van der Waals surface area (Å²) in [6.07, 6.45) is 0.292. The second-order valence-electron chi connectivity index (χ2n) is 7.59. The second-order valence-corrected chi connectivity index (χ2v) is 7.59. The van der Waals surface area contributed by atoms with E-state index in [1.807, 2.05) is 60.7 Å². The number of carbonyl (C=O) groups is 3. The molecule has 0 saturated heterocycles. The first kappa shape index (κ1) is 22.7. The minimum atomic E-state index is -0.847. The molecule has 0 saturated carbocycles. The number of fused-ring (bicyclic) bond motifs is 1. The lowest BCUT2D eigenvalue weighted by Crippen LogP contribution is -2.49. The molecule has 32 heavy (non-hydrogen) atoms. The molecule has 0 heterocycles. The van der Waals surface area contributed by atoms with Crippen LogP contribution in [0.15, 0.2) is 77.9 Å². The zero-order chi connectivity index (χ0) is 22.9. The van der Waals surface area contributed by atoms with Crippen molar-refractivity contribution in [3.63, 3.8) is 0 Å². The summed E-state index contributed by atoms with van der Waals surface area (Å²) in [4.78, 5) is 37.6. The van der Waals surface area contributed by atoms with Crippen molar-refractivity contribution < 1.29 is 14.4 Å². The Balaban J connectivity index is 1.72. The highest BCUT2D eigenvalue weighted by Crippen LogP contribution is 2.16. The molecule has 7 nitrogen and oxygen atoms in total. The smallest absolute Gasteiger partial charge is 0.259 e. The van der Waals surface area contributed by atoms with Crippen LogP contribution in [0.3, 0.4) is 0 Å². The summed E-state index contributed by atoms with van der Waals surface area (Å²) in [7, 11) is 0. The van der Waals surface area contributed by atoms with E-state index in [0.717, 1.165) is 16.3 Å². The summed E-state index contributed by atoms with van der Waals surface area (Å²) in [5, 5.41) is 11.2. The lowest BCUT2D eigenvalue weighted by atomic mass is 10.0. The molecule has 0 radical (unpaired) electrons. The third-order valence-electron chi connectivity index (χ3n) is 4.74. The minimum Gasteiger partial charge on any atom is -0.345 e. The van der Waals surface area contributed by atoms with Crippen molar-refractivity contribution in [2.75, 3.05) is 6.54 Å². The van der Waals surface area contributed by atoms with E-state index < -0.39 is 17.9 Å². The molecule has 0 bridgehead atoms. The van der Waals surface area contributed by atoms with E-state index in [2.05, 4.69) is 21.2 Å². The Kier molecular flexibility index (Phi) is 7.70. The van der Waals surface area contributed by atoms with Gasteiger partial charge in [-0.05, 0) is 42.3 Å². The van der Waals surface area contributed by atoms with Crippen molar-refractivity contribution in [1.82, 2.24) is 16.1 Å². The summed E-state index contributed by atoms with van der Waals surface area (Å²) in [6, 6.07) is 21.7. The molecule has 0 aliphatic rings. The topological polar surface area (TPSA) is 99.7 Å². The van der Waals surface area contributed by atoms with E-state index in [1.165, 1.54) is 0 Å². The predicted octanol–water partition coefficient (Wildman–Crippen LogP) is 2.81. The number of benzene rings is 3. The fraction of sp³-hybridized carbons (Fsp3) is 0.200. The number of hydrogen-bond acceptors (Lipinski definition) is 4. The second kappa shape index (κ2) is 10.9. The van der Waals surface area contributed by atoms with Gasteiger partial charge in [-0.15, -0.1) is 0 Å². The average Bonchev–Trinajstić information content (AvgIpc) is 2.81. The minimum absolute atomic E-state index is 0.243. The zero-order valence-electron chi connectivity index (χ0n) is 18.1. The standard InChI is InChI=1S/C25H26N4O3/c1-17(2)28-29-23(30)16-26-25(32)22(14-18-8-4-3-5-9-18)27-24(31)21-13-12-19-10-6-7-11-20(19)15-21/h3-13,15,22H,14,16H2,1-2H3,(H,26,32)(H,27,31)(H,29,30). The molecule has 3 aromatic rings. The van der Waals surface area contributed by atoms with E-state index in [-0.39, 0.29) is 12.5 Å². The van der Waals surface area contributed by atoms with Gasteiger partial charge >= 0.3 is 0 Å². The highest BCUT2D eigenvalue weighted by atomic mass is 16.2. The molecular weight excluding hydrogens is 404 g/mol. The number of rotatable bonds is 8. The normalized spacial score (nSPS) is 11.3.